The minimum atomic E-state index is 0.184. The normalized spacial score (nSPS) is 30.6. The number of carbonyl (C=O) groups excluding carboxylic acids is 1. The van der Waals surface area contributed by atoms with Gasteiger partial charge in [0.05, 0.1) is 0 Å². The number of rotatable bonds is 13. The highest BCUT2D eigenvalue weighted by Crippen LogP contribution is 2.69. The molecule has 0 saturated heterocycles. The molecule has 1 unspecified atom stereocenters. The van der Waals surface area contributed by atoms with Crippen molar-refractivity contribution in [2.24, 2.45) is 17.3 Å². The van der Waals surface area contributed by atoms with E-state index in [1.165, 1.54) is 96.2 Å². The molecule has 3 rings (SSSR count). The lowest BCUT2D eigenvalue weighted by molar-refractivity contribution is -0.186. The number of aldehydes is 1. The fourth-order valence-electron chi connectivity index (χ4n) is 4.39. The summed E-state index contributed by atoms with van der Waals surface area (Å²) < 4.78 is 0. The van der Waals surface area contributed by atoms with E-state index in [1.54, 1.807) is 0 Å². The number of hydrogen-bond donors (Lipinski definition) is 0. The van der Waals surface area contributed by atoms with Crippen LogP contribution in [0.1, 0.15) is 96.8 Å². The van der Waals surface area contributed by atoms with Crippen LogP contribution < -0.4 is 0 Å². The molecule has 3 saturated carbocycles. The van der Waals surface area contributed by atoms with Gasteiger partial charge in [0, 0.05) is 5.41 Å². The molecule has 0 aromatic carbocycles. The average Bonchev–Trinajstić information content (AvgIpc) is 2.38. The van der Waals surface area contributed by atoms with Crippen molar-refractivity contribution in [1.29, 1.82) is 0 Å². The van der Waals surface area contributed by atoms with Crippen LogP contribution in [0, 0.1) is 17.3 Å². The van der Waals surface area contributed by atoms with E-state index in [0.29, 0.717) is 0 Å². The smallest absolute Gasteiger partial charge is 0.126 e. The molecule has 0 spiro atoms. The van der Waals surface area contributed by atoms with Gasteiger partial charge in [-0.05, 0) is 31.1 Å². The number of carbonyl (C=O) groups is 1. The van der Waals surface area contributed by atoms with Gasteiger partial charge in [0.25, 0.3) is 0 Å². The molecule has 3 fully saturated rings. The summed E-state index contributed by atoms with van der Waals surface area (Å²) in [7, 11) is 0. The monoisotopic (exact) mass is 278 g/mol. The van der Waals surface area contributed by atoms with Gasteiger partial charge in [-0.15, -0.1) is 0 Å². The van der Waals surface area contributed by atoms with Crippen molar-refractivity contribution < 1.29 is 4.79 Å². The molecule has 0 amide bonds. The van der Waals surface area contributed by atoms with E-state index >= 15 is 0 Å². The largest absolute Gasteiger partial charge is 0.303 e. The molecule has 0 aromatic rings. The Morgan fingerprint density at radius 3 is 1.75 bits per heavy atom. The lowest BCUT2D eigenvalue weighted by atomic mass is 9.37. The maximum absolute atomic E-state index is 11.1. The first-order chi connectivity index (χ1) is 9.82. The molecule has 1 heteroatoms. The zero-order valence-corrected chi connectivity index (χ0v) is 13.5. The van der Waals surface area contributed by atoms with Crippen LogP contribution in [0.25, 0.3) is 0 Å². The highest BCUT2D eigenvalue weighted by Gasteiger charge is 2.64. The highest BCUT2D eigenvalue weighted by molar-refractivity contribution is 5.65. The predicted molar refractivity (Wildman–Crippen MR) is 85.8 cm³/mol. The Bertz CT molecular complexity index is 277. The second kappa shape index (κ2) is 8.20. The van der Waals surface area contributed by atoms with Crippen molar-refractivity contribution in [3.05, 3.63) is 0 Å². The molecular formula is C19H34O. The molecule has 3 aliphatic rings. The molecule has 0 aromatic heterocycles. The van der Waals surface area contributed by atoms with E-state index in [9.17, 15) is 4.79 Å². The minimum absolute atomic E-state index is 0.184. The van der Waals surface area contributed by atoms with E-state index in [-0.39, 0.29) is 5.41 Å². The van der Waals surface area contributed by atoms with Gasteiger partial charge < -0.3 is 4.79 Å². The third-order valence-electron chi connectivity index (χ3n) is 5.95. The third-order valence-corrected chi connectivity index (χ3v) is 5.95. The van der Waals surface area contributed by atoms with E-state index in [1.807, 2.05) is 0 Å². The van der Waals surface area contributed by atoms with Crippen LogP contribution in [0.15, 0.2) is 0 Å². The molecule has 2 bridgehead atoms. The van der Waals surface area contributed by atoms with Gasteiger partial charge >= 0.3 is 0 Å². The second-order valence-electron chi connectivity index (χ2n) is 7.45. The molecule has 3 aliphatic carbocycles. The molecule has 0 radical (unpaired) electrons. The Morgan fingerprint density at radius 2 is 1.35 bits per heavy atom. The zero-order chi connectivity index (χ0) is 14.3. The van der Waals surface area contributed by atoms with Crippen LogP contribution in [0.4, 0.5) is 0 Å². The first-order valence-electron chi connectivity index (χ1n) is 9.29. The lowest BCUT2D eigenvalue weighted by Crippen LogP contribution is -2.62. The fourth-order valence-corrected chi connectivity index (χ4v) is 4.39. The van der Waals surface area contributed by atoms with Crippen LogP contribution in [-0.2, 0) is 4.79 Å². The maximum Gasteiger partial charge on any atom is 0.126 e. The number of hydrogen-bond acceptors (Lipinski definition) is 1. The van der Waals surface area contributed by atoms with Gasteiger partial charge in [0.2, 0.25) is 0 Å². The summed E-state index contributed by atoms with van der Waals surface area (Å²) in [5.41, 5.74) is 0.184. The second-order valence-corrected chi connectivity index (χ2v) is 7.45. The van der Waals surface area contributed by atoms with Gasteiger partial charge in [-0.1, -0.05) is 77.6 Å². The summed E-state index contributed by atoms with van der Waals surface area (Å²) in [6, 6.07) is 0. The Balaban J connectivity index is 1.32. The molecule has 116 valence electrons. The van der Waals surface area contributed by atoms with Crippen LogP contribution in [0.2, 0.25) is 0 Å². The highest BCUT2D eigenvalue weighted by atomic mass is 16.1. The fraction of sp³-hybridized carbons (Fsp3) is 0.947. The minimum Gasteiger partial charge on any atom is -0.303 e. The number of unbranched alkanes of at least 4 members (excludes halogenated alkanes) is 10. The SMILES string of the molecule is CCCCCCCCCCCCCC1C2CC1(C=O)C2. The standard InChI is InChI=1S/C19H34O/c1-2-3-4-5-6-7-8-9-10-11-12-13-18-17-14-19(18,15-17)16-20/h16-18H,2-15H2,1H3. The van der Waals surface area contributed by atoms with Crippen LogP contribution >= 0.6 is 0 Å². The quantitative estimate of drug-likeness (QED) is 0.302. The van der Waals surface area contributed by atoms with Crippen LogP contribution in [0.3, 0.4) is 0 Å². The van der Waals surface area contributed by atoms with Crippen molar-refractivity contribution in [1.82, 2.24) is 0 Å². The Hall–Kier alpha value is -0.330. The van der Waals surface area contributed by atoms with Crippen LogP contribution in [-0.4, -0.2) is 6.29 Å². The van der Waals surface area contributed by atoms with Crippen molar-refractivity contribution in [2.45, 2.75) is 96.8 Å². The van der Waals surface area contributed by atoms with Crippen molar-refractivity contribution in [3.8, 4) is 0 Å². The Kier molecular flexibility index (Phi) is 6.58. The summed E-state index contributed by atoms with van der Waals surface area (Å²) >= 11 is 0. The van der Waals surface area contributed by atoms with Gasteiger partial charge in [0.15, 0.2) is 0 Å². The summed E-state index contributed by atoms with van der Waals surface area (Å²) in [5, 5.41) is 0. The first kappa shape index (κ1) is 16.0. The van der Waals surface area contributed by atoms with Gasteiger partial charge in [0.1, 0.15) is 6.29 Å². The van der Waals surface area contributed by atoms with Crippen molar-refractivity contribution in [3.63, 3.8) is 0 Å². The average molecular weight is 278 g/mol. The zero-order valence-electron chi connectivity index (χ0n) is 13.5. The Morgan fingerprint density at radius 1 is 0.850 bits per heavy atom. The summed E-state index contributed by atoms with van der Waals surface area (Å²) in [4.78, 5) is 11.1. The molecule has 20 heavy (non-hydrogen) atoms. The van der Waals surface area contributed by atoms with E-state index < -0.39 is 0 Å². The third kappa shape index (κ3) is 3.86. The predicted octanol–water partition coefficient (Wildman–Crippen LogP) is 5.91. The lowest BCUT2D eigenvalue weighted by Gasteiger charge is -2.66. The molecule has 0 N–H and O–H groups in total. The maximum atomic E-state index is 11.1. The topological polar surface area (TPSA) is 17.1 Å². The van der Waals surface area contributed by atoms with E-state index in [4.69, 9.17) is 0 Å². The van der Waals surface area contributed by atoms with E-state index in [2.05, 4.69) is 6.92 Å². The Labute approximate surface area is 125 Å². The van der Waals surface area contributed by atoms with Gasteiger partial charge in [-0.2, -0.15) is 0 Å². The molecule has 0 heterocycles. The van der Waals surface area contributed by atoms with Crippen molar-refractivity contribution in [2.75, 3.05) is 0 Å². The summed E-state index contributed by atoms with van der Waals surface area (Å²) in [6.45, 7) is 2.28. The van der Waals surface area contributed by atoms with Crippen molar-refractivity contribution >= 4 is 6.29 Å². The van der Waals surface area contributed by atoms with Crippen LogP contribution in [0.5, 0.6) is 0 Å². The molecule has 0 aliphatic heterocycles. The van der Waals surface area contributed by atoms with Gasteiger partial charge in [-0.25, -0.2) is 0 Å². The molecule has 1 atom stereocenters. The first-order valence-corrected chi connectivity index (χ1v) is 9.29. The summed E-state index contributed by atoms with van der Waals surface area (Å²) in [6.07, 6.45) is 20.7. The van der Waals surface area contributed by atoms with Gasteiger partial charge in [-0.3, -0.25) is 0 Å². The molecular weight excluding hydrogens is 244 g/mol. The molecule has 1 nitrogen and oxygen atoms in total. The summed E-state index contributed by atoms with van der Waals surface area (Å²) in [5.74, 6) is 1.72. The van der Waals surface area contributed by atoms with E-state index in [0.717, 1.165) is 11.8 Å².